The van der Waals surface area contributed by atoms with E-state index in [1.165, 1.54) is 38.5 Å². The summed E-state index contributed by atoms with van der Waals surface area (Å²) < 4.78 is 49.3. The maximum absolute atomic E-state index is 13.0. The Hall–Kier alpha value is -2.34. The Morgan fingerprint density at radius 1 is 0.576 bits per heavy atom. The molecule has 1 aliphatic carbocycles. The van der Waals surface area contributed by atoms with E-state index < -0.39 is 89.6 Å². The van der Waals surface area contributed by atoms with Crippen LogP contribution in [0.25, 0.3) is 0 Å². The van der Waals surface area contributed by atoms with Crippen LogP contribution < -0.4 is 0 Å². The lowest BCUT2D eigenvalue weighted by atomic mass is 9.85. The summed E-state index contributed by atoms with van der Waals surface area (Å²) in [4.78, 5) is 54.3. The van der Waals surface area contributed by atoms with Gasteiger partial charge in [0, 0.05) is 12.8 Å². The standard InChI is InChI=1S/C47H82O17P2/c1-3-5-7-8-9-10-11-12-13-14-17-21-24-27-31-35-41(50)62-39(37-61-66(58,59)64-47-44(53)42(51)43(52)46(45(47)54)63-65(55,56)57)36-60-40(49)34-30-26-23-20-18-15-16-19-22-25-29-33-38(48)32-28-6-4-2/h5,7,15-16,20,22-23,25,29,33,38-39,42-48,51-54H,3-4,6,8-14,17-19,21,24,26-28,30-32,34-37H2,1-2H3,(H,58,59)(H2,55,56,57)/b7-5-,16-15-,23-20-,25-22-,33-29+/t38-,39-,42?,43?,44?,45?,46-,47+/m1/s1. The zero-order chi connectivity index (χ0) is 49.1. The van der Waals surface area contributed by atoms with Crippen molar-refractivity contribution >= 4 is 27.6 Å². The molecule has 0 aromatic rings. The molecule has 0 radical (unpaired) electrons. The van der Waals surface area contributed by atoms with Gasteiger partial charge < -0.3 is 49.7 Å². The van der Waals surface area contributed by atoms with E-state index in [-0.39, 0.29) is 12.8 Å². The highest BCUT2D eigenvalue weighted by Crippen LogP contribution is 2.49. The van der Waals surface area contributed by atoms with Gasteiger partial charge in [0.2, 0.25) is 0 Å². The number of carbonyl (C=O) groups excluding carboxylic acids is 2. The Morgan fingerprint density at radius 3 is 1.74 bits per heavy atom. The van der Waals surface area contributed by atoms with Crippen molar-refractivity contribution in [3.63, 3.8) is 0 Å². The molecule has 19 heteroatoms. The number of hydrogen-bond acceptors (Lipinski definition) is 14. The highest BCUT2D eigenvalue weighted by atomic mass is 31.2. The normalized spacial score (nSPS) is 22.5. The van der Waals surface area contributed by atoms with Gasteiger partial charge in [-0.15, -0.1) is 0 Å². The first kappa shape index (κ1) is 61.7. The smallest absolute Gasteiger partial charge is 0.462 e. The van der Waals surface area contributed by atoms with Gasteiger partial charge >= 0.3 is 27.6 Å². The van der Waals surface area contributed by atoms with Gasteiger partial charge in [0.15, 0.2) is 6.10 Å². The molecular weight excluding hydrogens is 898 g/mol. The summed E-state index contributed by atoms with van der Waals surface area (Å²) >= 11 is 0. The van der Waals surface area contributed by atoms with Crippen LogP contribution in [0, 0.1) is 0 Å². The van der Waals surface area contributed by atoms with Gasteiger partial charge in [-0.3, -0.25) is 23.2 Å². The number of aliphatic hydroxyl groups excluding tert-OH is 5. The number of hydrogen-bond donors (Lipinski definition) is 8. The molecule has 1 fully saturated rings. The molecule has 0 aromatic carbocycles. The largest absolute Gasteiger partial charge is 0.472 e. The second-order valence-electron chi connectivity index (χ2n) is 16.6. The molecule has 0 spiro atoms. The highest BCUT2D eigenvalue weighted by molar-refractivity contribution is 7.47. The van der Waals surface area contributed by atoms with Crippen molar-refractivity contribution in [1.82, 2.24) is 0 Å². The highest BCUT2D eigenvalue weighted by Gasteiger charge is 2.54. The second-order valence-corrected chi connectivity index (χ2v) is 19.2. The molecule has 66 heavy (non-hydrogen) atoms. The Kier molecular flexibility index (Phi) is 35.1. The molecule has 0 aliphatic heterocycles. The maximum atomic E-state index is 13.0. The average Bonchev–Trinajstić information content (AvgIpc) is 3.26. The Bertz CT molecular complexity index is 1530. The van der Waals surface area contributed by atoms with Crippen molar-refractivity contribution in [2.45, 2.75) is 210 Å². The van der Waals surface area contributed by atoms with E-state index in [2.05, 4.69) is 30.5 Å². The molecule has 1 saturated carbocycles. The van der Waals surface area contributed by atoms with E-state index in [1.807, 2.05) is 42.5 Å². The van der Waals surface area contributed by atoms with Gasteiger partial charge in [-0.2, -0.15) is 0 Å². The zero-order valence-electron chi connectivity index (χ0n) is 39.2. The molecule has 1 aliphatic rings. The summed E-state index contributed by atoms with van der Waals surface area (Å²) in [6.45, 7) is 2.85. The Balaban J connectivity index is 2.64. The fraction of sp³-hybridized carbons (Fsp3) is 0.745. The Labute approximate surface area is 392 Å². The van der Waals surface area contributed by atoms with Crippen LogP contribution >= 0.6 is 15.6 Å². The van der Waals surface area contributed by atoms with Crippen molar-refractivity contribution in [3.05, 3.63) is 60.8 Å². The summed E-state index contributed by atoms with van der Waals surface area (Å²) in [5.41, 5.74) is 0. The van der Waals surface area contributed by atoms with Crippen LogP contribution in [-0.2, 0) is 41.8 Å². The molecule has 5 unspecified atom stereocenters. The van der Waals surface area contributed by atoms with E-state index in [9.17, 15) is 58.9 Å². The minimum atomic E-state index is -5.38. The van der Waals surface area contributed by atoms with Gasteiger partial charge in [-0.1, -0.05) is 152 Å². The first-order chi connectivity index (χ1) is 31.5. The monoisotopic (exact) mass is 981 g/mol. The van der Waals surface area contributed by atoms with E-state index in [1.54, 1.807) is 6.08 Å². The van der Waals surface area contributed by atoms with Crippen LogP contribution in [0.2, 0.25) is 0 Å². The number of carbonyl (C=O) groups is 2. The third kappa shape index (κ3) is 31.7. The minimum Gasteiger partial charge on any atom is -0.462 e. The molecular formula is C47H82O17P2. The molecule has 1 rings (SSSR count). The predicted molar refractivity (Wildman–Crippen MR) is 252 cm³/mol. The second kappa shape index (κ2) is 37.5. The molecule has 382 valence electrons. The number of unbranched alkanes of at least 4 members (excludes halogenated alkanes) is 14. The van der Waals surface area contributed by atoms with Crippen LogP contribution in [0.4, 0.5) is 0 Å². The number of rotatable bonds is 39. The summed E-state index contributed by atoms with van der Waals surface area (Å²) in [5.74, 6) is -1.30. The van der Waals surface area contributed by atoms with E-state index in [0.29, 0.717) is 25.7 Å². The quantitative estimate of drug-likeness (QED) is 0.00951. The molecule has 0 amide bonds. The third-order valence-electron chi connectivity index (χ3n) is 10.7. The van der Waals surface area contributed by atoms with Crippen molar-refractivity contribution in [2.75, 3.05) is 13.2 Å². The predicted octanol–water partition coefficient (Wildman–Crippen LogP) is 8.03. The van der Waals surface area contributed by atoms with E-state index >= 15 is 0 Å². The van der Waals surface area contributed by atoms with E-state index in [0.717, 1.165) is 70.6 Å². The summed E-state index contributed by atoms with van der Waals surface area (Å²) in [6.07, 6.45) is 25.1. The van der Waals surface area contributed by atoms with Crippen molar-refractivity contribution < 1.29 is 82.0 Å². The summed E-state index contributed by atoms with van der Waals surface area (Å²) in [6, 6.07) is 0. The van der Waals surface area contributed by atoms with Crippen LogP contribution in [0.1, 0.15) is 162 Å². The van der Waals surface area contributed by atoms with Crippen LogP contribution in [-0.4, -0.2) is 114 Å². The summed E-state index contributed by atoms with van der Waals surface area (Å²) in [5, 5.41) is 51.1. The van der Waals surface area contributed by atoms with Gasteiger partial charge in [-0.05, 0) is 57.8 Å². The zero-order valence-corrected chi connectivity index (χ0v) is 41.0. The molecule has 8 N–H and O–H groups in total. The number of aliphatic hydroxyl groups is 5. The lowest BCUT2D eigenvalue weighted by Gasteiger charge is -2.43. The van der Waals surface area contributed by atoms with Crippen LogP contribution in [0.15, 0.2) is 60.8 Å². The topological polar surface area (TPSA) is 276 Å². The molecule has 0 aromatic heterocycles. The van der Waals surface area contributed by atoms with Crippen molar-refractivity contribution in [1.29, 1.82) is 0 Å². The van der Waals surface area contributed by atoms with Gasteiger partial charge in [-0.25, -0.2) is 9.13 Å². The number of phosphoric acid groups is 2. The van der Waals surface area contributed by atoms with Crippen molar-refractivity contribution in [3.8, 4) is 0 Å². The van der Waals surface area contributed by atoms with Crippen molar-refractivity contribution in [2.24, 2.45) is 0 Å². The number of allylic oxidation sites excluding steroid dienone is 9. The average molecular weight is 981 g/mol. The van der Waals surface area contributed by atoms with E-state index in [4.69, 9.17) is 18.5 Å². The van der Waals surface area contributed by atoms with Crippen LogP contribution in [0.3, 0.4) is 0 Å². The molecule has 9 atom stereocenters. The van der Waals surface area contributed by atoms with Gasteiger partial charge in [0.1, 0.15) is 43.2 Å². The molecule has 0 saturated heterocycles. The fourth-order valence-electron chi connectivity index (χ4n) is 6.95. The number of ether oxygens (including phenoxy) is 2. The maximum Gasteiger partial charge on any atom is 0.472 e. The molecule has 17 nitrogen and oxygen atoms in total. The fourth-order valence-corrected chi connectivity index (χ4v) is 8.49. The van der Waals surface area contributed by atoms with Gasteiger partial charge in [0.25, 0.3) is 0 Å². The van der Waals surface area contributed by atoms with Crippen LogP contribution in [0.5, 0.6) is 0 Å². The molecule has 0 heterocycles. The SMILES string of the molecule is CC/C=C\CCCCCCCCCCCCCC(=O)O[C@H](COC(=O)CCC/C=C\C/C=C\C/C=C\C=C\[C@H](O)CCCCC)COP(=O)(O)O[C@H]1C(O)C(O)C(O)[C@@H](OP(=O)(O)O)C1O. The lowest BCUT2D eigenvalue weighted by molar-refractivity contribution is -0.216. The Morgan fingerprint density at radius 2 is 1.12 bits per heavy atom. The third-order valence-corrected chi connectivity index (χ3v) is 12.2. The summed E-state index contributed by atoms with van der Waals surface area (Å²) in [7, 11) is -10.7. The first-order valence-corrected chi connectivity index (χ1v) is 27.0. The number of esters is 2. The first-order valence-electron chi connectivity index (χ1n) is 23.9. The number of phosphoric ester groups is 2. The molecule has 0 bridgehead atoms. The lowest BCUT2D eigenvalue weighted by Crippen LogP contribution is -2.64. The minimum absolute atomic E-state index is 0.0205. The van der Waals surface area contributed by atoms with Gasteiger partial charge in [0.05, 0.1) is 12.7 Å².